The Morgan fingerprint density at radius 1 is 1.29 bits per heavy atom. The van der Waals surface area contributed by atoms with Gasteiger partial charge in [0.25, 0.3) is 0 Å². The molecule has 2 rings (SSSR count). The van der Waals surface area contributed by atoms with Crippen molar-refractivity contribution in [2.75, 3.05) is 5.75 Å². The summed E-state index contributed by atoms with van der Waals surface area (Å²) in [6.07, 6.45) is 1.73. The van der Waals surface area contributed by atoms with Crippen LogP contribution in [0.4, 0.5) is 0 Å². The van der Waals surface area contributed by atoms with E-state index in [1.807, 2.05) is 11.8 Å². The zero-order chi connectivity index (χ0) is 12.6. The molecule has 0 aromatic heterocycles. The first-order valence-corrected chi connectivity index (χ1v) is 7.35. The molecule has 0 saturated carbocycles. The van der Waals surface area contributed by atoms with Crippen LogP contribution in [0, 0.1) is 20.8 Å². The molecule has 1 aromatic rings. The number of hydrogen-bond donors (Lipinski definition) is 1. The van der Waals surface area contributed by atoms with Gasteiger partial charge in [0.05, 0.1) is 5.60 Å². The smallest absolute Gasteiger partial charge is 0.0788 e. The molecule has 2 heteroatoms. The Bertz CT molecular complexity index is 404. The van der Waals surface area contributed by atoms with Gasteiger partial charge in [-0.1, -0.05) is 24.6 Å². The van der Waals surface area contributed by atoms with Crippen LogP contribution in [0.25, 0.3) is 0 Å². The second-order valence-corrected chi connectivity index (χ2v) is 7.03. The molecule has 1 aliphatic rings. The predicted octanol–water partition coefficient (Wildman–Crippen LogP) is 3.41. The molecule has 1 fully saturated rings. The average molecular weight is 250 g/mol. The van der Waals surface area contributed by atoms with Crippen LogP contribution < -0.4 is 0 Å². The molecule has 2 unspecified atom stereocenters. The summed E-state index contributed by atoms with van der Waals surface area (Å²) in [6, 6.07) is 4.44. The quantitative estimate of drug-likeness (QED) is 0.868. The highest BCUT2D eigenvalue weighted by Gasteiger charge is 2.36. The topological polar surface area (TPSA) is 20.2 Å². The molecule has 0 radical (unpaired) electrons. The Morgan fingerprint density at radius 3 is 2.35 bits per heavy atom. The third kappa shape index (κ3) is 2.86. The van der Waals surface area contributed by atoms with Crippen LogP contribution >= 0.6 is 11.8 Å². The van der Waals surface area contributed by atoms with Crippen LogP contribution in [0.5, 0.6) is 0 Å². The maximum Gasteiger partial charge on any atom is 0.0788 e. The summed E-state index contributed by atoms with van der Waals surface area (Å²) in [4.78, 5) is 0. The summed E-state index contributed by atoms with van der Waals surface area (Å²) in [7, 11) is 0. The Balaban J connectivity index is 2.24. The molecule has 0 spiro atoms. The lowest BCUT2D eigenvalue weighted by Gasteiger charge is -2.24. The van der Waals surface area contributed by atoms with Crippen LogP contribution in [0.15, 0.2) is 12.1 Å². The van der Waals surface area contributed by atoms with E-state index < -0.39 is 5.60 Å². The van der Waals surface area contributed by atoms with E-state index in [1.54, 1.807) is 0 Å². The van der Waals surface area contributed by atoms with Gasteiger partial charge in [0, 0.05) is 17.4 Å². The molecule has 1 N–H and O–H groups in total. The lowest BCUT2D eigenvalue weighted by molar-refractivity contribution is 0.0639. The summed E-state index contributed by atoms with van der Waals surface area (Å²) < 4.78 is 0. The second kappa shape index (κ2) is 4.66. The van der Waals surface area contributed by atoms with E-state index in [1.165, 1.54) is 22.3 Å². The number of rotatable bonds is 2. The van der Waals surface area contributed by atoms with Gasteiger partial charge in [-0.25, -0.2) is 0 Å². The SMILES string of the molecule is Cc1cc(C)c(CC2(O)CSC(C)C2)c(C)c1. The first kappa shape index (κ1) is 13.0. The van der Waals surface area contributed by atoms with Crippen LogP contribution in [0.2, 0.25) is 0 Å². The molecule has 1 heterocycles. The second-order valence-electron chi connectivity index (χ2n) is 5.60. The van der Waals surface area contributed by atoms with E-state index >= 15 is 0 Å². The zero-order valence-electron chi connectivity index (χ0n) is 11.2. The van der Waals surface area contributed by atoms with Gasteiger partial charge in [0.1, 0.15) is 0 Å². The Morgan fingerprint density at radius 2 is 1.88 bits per heavy atom. The van der Waals surface area contributed by atoms with Gasteiger partial charge in [-0.2, -0.15) is 11.8 Å². The Labute approximate surface area is 109 Å². The van der Waals surface area contributed by atoms with Crippen molar-refractivity contribution in [3.63, 3.8) is 0 Å². The van der Waals surface area contributed by atoms with E-state index in [0.717, 1.165) is 18.6 Å². The molecule has 2 atom stereocenters. The zero-order valence-corrected chi connectivity index (χ0v) is 12.0. The molecule has 17 heavy (non-hydrogen) atoms. The van der Waals surface area contributed by atoms with Gasteiger partial charge < -0.3 is 5.11 Å². The normalized spacial score (nSPS) is 28.6. The van der Waals surface area contributed by atoms with Crippen LogP contribution in [-0.4, -0.2) is 21.7 Å². The summed E-state index contributed by atoms with van der Waals surface area (Å²) in [5.74, 6) is 0.876. The third-order valence-corrected chi connectivity index (χ3v) is 5.09. The Kier molecular flexibility index (Phi) is 3.55. The number of thioether (sulfide) groups is 1. The van der Waals surface area contributed by atoms with Crippen molar-refractivity contribution in [3.05, 3.63) is 34.4 Å². The minimum atomic E-state index is -0.491. The van der Waals surface area contributed by atoms with Crippen molar-refractivity contribution in [3.8, 4) is 0 Å². The highest BCUT2D eigenvalue weighted by atomic mass is 32.2. The maximum atomic E-state index is 10.6. The van der Waals surface area contributed by atoms with Crippen molar-refractivity contribution in [1.29, 1.82) is 0 Å². The van der Waals surface area contributed by atoms with Gasteiger partial charge >= 0.3 is 0 Å². The van der Waals surface area contributed by atoms with E-state index in [9.17, 15) is 5.11 Å². The largest absolute Gasteiger partial charge is 0.389 e. The number of aliphatic hydroxyl groups is 1. The van der Waals surface area contributed by atoms with Gasteiger partial charge in [-0.15, -0.1) is 0 Å². The van der Waals surface area contributed by atoms with E-state index in [-0.39, 0.29) is 0 Å². The predicted molar refractivity (Wildman–Crippen MR) is 75.8 cm³/mol. The van der Waals surface area contributed by atoms with Crippen LogP contribution in [0.3, 0.4) is 0 Å². The average Bonchev–Trinajstić information content (AvgIpc) is 2.53. The molecule has 0 aliphatic carbocycles. The Hall–Kier alpha value is -0.470. The monoisotopic (exact) mass is 250 g/mol. The molecule has 0 amide bonds. The lowest BCUT2D eigenvalue weighted by Crippen LogP contribution is -2.32. The molecule has 0 bridgehead atoms. The number of benzene rings is 1. The summed E-state index contributed by atoms with van der Waals surface area (Å²) in [5.41, 5.74) is 4.80. The molecule has 1 nitrogen and oxygen atoms in total. The fourth-order valence-electron chi connectivity index (χ4n) is 2.89. The minimum Gasteiger partial charge on any atom is -0.389 e. The summed E-state index contributed by atoms with van der Waals surface area (Å²) >= 11 is 1.89. The van der Waals surface area contributed by atoms with Crippen molar-refractivity contribution >= 4 is 11.8 Å². The highest BCUT2D eigenvalue weighted by molar-refractivity contribution is 8.00. The number of hydrogen-bond acceptors (Lipinski definition) is 2. The molecule has 1 aliphatic heterocycles. The van der Waals surface area contributed by atoms with Gasteiger partial charge in [-0.3, -0.25) is 0 Å². The fraction of sp³-hybridized carbons (Fsp3) is 0.600. The summed E-state index contributed by atoms with van der Waals surface area (Å²) in [5, 5.41) is 11.2. The first-order chi connectivity index (χ1) is 7.89. The molecular weight excluding hydrogens is 228 g/mol. The fourth-order valence-corrected chi connectivity index (χ4v) is 4.13. The van der Waals surface area contributed by atoms with Crippen LogP contribution in [-0.2, 0) is 6.42 Å². The van der Waals surface area contributed by atoms with Crippen molar-refractivity contribution in [2.45, 2.75) is 51.4 Å². The summed E-state index contributed by atoms with van der Waals surface area (Å²) in [6.45, 7) is 8.65. The van der Waals surface area contributed by atoms with Crippen molar-refractivity contribution in [1.82, 2.24) is 0 Å². The van der Waals surface area contributed by atoms with Crippen molar-refractivity contribution in [2.24, 2.45) is 0 Å². The first-order valence-electron chi connectivity index (χ1n) is 6.30. The third-order valence-electron chi connectivity index (χ3n) is 3.65. The lowest BCUT2D eigenvalue weighted by atomic mass is 9.87. The maximum absolute atomic E-state index is 10.6. The molecular formula is C15H22OS. The van der Waals surface area contributed by atoms with E-state index in [2.05, 4.69) is 39.8 Å². The minimum absolute atomic E-state index is 0.491. The van der Waals surface area contributed by atoms with Gasteiger partial charge in [-0.05, 0) is 43.9 Å². The van der Waals surface area contributed by atoms with Crippen LogP contribution in [0.1, 0.15) is 35.6 Å². The number of aryl methyl sites for hydroxylation is 3. The molecule has 94 valence electrons. The highest BCUT2D eigenvalue weighted by Crippen LogP contribution is 2.37. The van der Waals surface area contributed by atoms with Crippen molar-refractivity contribution < 1.29 is 5.11 Å². The van der Waals surface area contributed by atoms with Gasteiger partial charge in [0.2, 0.25) is 0 Å². The van der Waals surface area contributed by atoms with Gasteiger partial charge in [0.15, 0.2) is 0 Å². The van der Waals surface area contributed by atoms with E-state index in [4.69, 9.17) is 0 Å². The standard InChI is InChI=1S/C15H22OS/c1-10-5-11(2)14(12(3)6-10)8-15(16)7-13(4)17-9-15/h5-6,13,16H,7-9H2,1-4H3. The molecule has 1 saturated heterocycles. The van der Waals surface area contributed by atoms with E-state index in [0.29, 0.717) is 5.25 Å². The molecule has 1 aromatic carbocycles.